The van der Waals surface area contributed by atoms with Crippen LogP contribution in [0.15, 0.2) is 0 Å². The van der Waals surface area contributed by atoms with Gasteiger partial charge in [-0.25, -0.2) is 0 Å². The Kier molecular flexibility index (Phi) is 3.40. The monoisotopic (exact) mass is 322 g/mol. The normalized spacial score (nSPS) is 37.8. The maximum Gasteiger partial charge on any atom is 0.289 e. The van der Waals surface area contributed by atoms with Crippen molar-refractivity contribution in [2.45, 2.75) is 45.3 Å². The van der Waals surface area contributed by atoms with Gasteiger partial charge in [-0.2, -0.15) is 10.2 Å². The average Bonchev–Trinajstić information content (AvgIpc) is 2.91. The third-order valence-electron chi connectivity index (χ3n) is 4.64. The van der Waals surface area contributed by atoms with E-state index >= 15 is 0 Å². The Labute approximate surface area is 134 Å². The van der Waals surface area contributed by atoms with Gasteiger partial charge in [0.05, 0.1) is 28.6 Å². The molecule has 3 atom stereocenters. The van der Waals surface area contributed by atoms with Crippen LogP contribution in [0.3, 0.4) is 0 Å². The number of thiazole rings is 1. The third kappa shape index (κ3) is 2.27. The van der Waals surface area contributed by atoms with Crippen molar-refractivity contribution in [3.63, 3.8) is 0 Å². The first-order chi connectivity index (χ1) is 10.1. The van der Waals surface area contributed by atoms with E-state index in [-0.39, 0.29) is 12.1 Å². The Bertz CT molecular complexity index is 652. The molecule has 1 N–H and O–H groups in total. The minimum absolute atomic E-state index is 0.0169. The van der Waals surface area contributed by atoms with Crippen LogP contribution in [0.4, 0.5) is 5.13 Å². The lowest BCUT2D eigenvalue weighted by Crippen LogP contribution is -2.48. The van der Waals surface area contributed by atoms with Gasteiger partial charge in [0.25, 0.3) is 5.13 Å². The van der Waals surface area contributed by atoms with Gasteiger partial charge < -0.3 is 10.3 Å². The molecule has 1 aromatic heterocycles. The number of likely N-dealkylation sites (N-methyl/N-ethyl adjacent to an activating group) is 1. The number of nitriles is 1. The Morgan fingerprint density at radius 2 is 2.18 bits per heavy atom. The molecule has 1 aliphatic heterocycles. The van der Waals surface area contributed by atoms with Crippen molar-refractivity contribution in [3.05, 3.63) is 15.8 Å². The van der Waals surface area contributed by atoms with Crippen molar-refractivity contribution in [1.82, 2.24) is 14.5 Å². The lowest BCUT2D eigenvalue weighted by Gasteiger charge is -2.37. The second-order valence-corrected chi connectivity index (χ2v) is 8.67. The molecule has 2 heterocycles. The van der Waals surface area contributed by atoms with Gasteiger partial charge in [-0.1, -0.05) is 25.2 Å². The first kappa shape index (κ1) is 15.8. The first-order valence-corrected chi connectivity index (χ1v) is 8.29. The highest BCUT2D eigenvalue weighted by Crippen LogP contribution is 2.50. The van der Waals surface area contributed by atoms with Gasteiger partial charge in [-0.3, -0.25) is 9.55 Å². The van der Waals surface area contributed by atoms with Crippen molar-refractivity contribution in [2.24, 2.45) is 5.41 Å². The fraction of sp³-hybridized carbons (Fsp3) is 0.733. The fourth-order valence-corrected chi connectivity index (χ4v) is 5.06. The number of β-amino-alcohol motifs (C(OH)–C–C–N with tert-alkyl or cyclic N) is 1. The molecule has 0 bridgehead atoms. The molecule has 0 radical (unpaired) electrons. The lowest BCUT2D eigenvalue weighted by molar-refractivity contribution is 0.0846. The van der Waals surface area contributed by atoms with Gasteiger partial charge in [-0.05, 0) is 32.2 Å². The van der Waals surface area contributed by atoms with Gasteiger partial charge in [0, 0.05) is 0 Å². The van der Waals surface area contributed by atoms with E-state index in [0.29, 0.717) is 11.7 Å². The van der Waals surface area contributed by atoms with Crippen LogP contribution in [0.2, 0.25) is 0 Å². The van der Waals surface area contributed by atoms with Crippen LogP contribution >= 0.6 is 11.3 Å². The Hall–Kier alpha value is -1.04. The van der Waals surface area contributed by atoms with E-state index in [1.165, 1.54) is 11.3 Å². The highest BCUT2D eigenvalue weighted by atomic mass is 32.1. The summed E-state index contributed by atoms with van der Waals surface area (Å²) >= 11 is 1.31. The van der Waals surface area contributed by atoms with Crippen molar-refractivity contribution < 1.29 is 5.11 Å². The summed E-state index contributed by atoms with van der Waals surface area (Å²) in [6, 6.07) is 2.42. The molecule has 3 rings (SSSR count). The summed E-state index contributed by atoms with van der Waals surface area (Å²) < 4.78 is -0.823. The average molecular weight is 322 g/mol. The molecule has 0 saturated carbocycles. The SMILES string of the molecule is CN1CC(O)[N+]([O-])(c2nc3c(s2)C(C)(C#N)CC(C)(C)C3)C1. The number of rotatable bonds is 1. The van der Waals surface area contributed by atoms with Crippen LogP contribution in [0.1, 0.15) is 37.8 Å². The minimum atomic E-state index is -1.01. The number of aliphatic hydroxyl groups excluding tert-OH is 1. The zero-order valence-corrected chi connectivity index (χ0v) is 14.3. The van der Waals surface area contributed by atoms with Crippen LogP contribution in [-0.2, 0) is 11.8 Å². The number of hydroxylamine groups is 2. The number of aliphatic hydroxyl groups is 1. The van der Waals surface area contributed by atoms with E-state index in [4.69, 9.17) is 0 Å². The number of hydrogen-bond donors (Lipinski definition) is 1. The molecule has 3 unspecified atom stereocenters. The van der Waals surface area contributed by atoms with E-state index < -0.39 is 16.3 Å². The number of aromatic nitrogens is 1. The summed E-state index contributed by atoms with van der Waals surface area (Å²) in [7, 11) is 1.82. The van der Waals surface area contributed by atoms with E-state index in [1.807, 2.05) is 18.9 Å². The predicted octanol–water partition coefficient (Wildman–Crippen LogP) is 1.92. The Morgan fingerprint density at radius 3 is 2.73 bits per heavy atom. The van der Waals surface area contributed by atoms with E-state index in [0.717, 1.165) is 23.4 Å². The van der Waals surface area contributed by atoms with Crippen LogP contribution in [0.5, 0.6) is 0 Å². The molecule has 1 fully saturated rings. The molecule has 0 aromatic carbocycles. The van der Waals surface area contributed by atoms with Crippen LogP contribution in [0.25, 0.3) is 0 Å². The Balaban J connectivity index is 2.08. The van der Waals surface area contributed by atoms with Crippen molar-refractivity contribution in [2.75, 3.05) is 20.3 Å². The molecule has 22 heavy (non-hydrogen) atoms. The standard InChI is InChI=1S/C15H22N4O2S/c1-14(2)5-10-12(15(3,7-14)8-16)22-13(17-10)19(21)9-18(4)6-11(19)20/h11,20H,5-7,9H2,1-4H3. The Morgan fingerprint density at radius 1 is 1.50 bits per heavy atom. The van der Waals surface area contributed by atoms with Crippen molar-refractivity contribution in [1.29, 1.82) is 5.26 Å². The summed E-state index contributed by atoms with van der Waals surface area (Å²) in [5.74, 6) is 0. The van der Waals surface area contributed by atoms with Crippen LogP contribution < -0.4 is 4.65 Å². The maximum atomic E-state index is 13.0. The van der Waals surface area contributed by atoms with Gasteiger partial charge in [-0.15, -0.1) is 0 Å². The maximum absolute atomic E-state index is 13.0. The summed E-state index contributed by atoms with van der Waals surface area (Å²) in [4.78, 5) is 7.28. The lowest BCUT2D eigenvalue weighted by atomic mass is 9.67. The van der Waals surface area contributed by atoms with Crippen molar-refractivity contribution in [3.8, 4) is 6.07 Å². The summed E-state index contributed by atoms with van der Waals surface area (Å²) in [5.41, 5.74) is 0.232. The molecule has 2 aliphatic rings. The topological polar surface area (TPSA) is 83.2 Å². The second kappa shape index (κ2) is 4.73. The van der Waals surface area contributed by atoms with E-state index in [9.17, 15) is 15.6 Å². The van der Waals surface area contributed by atoms with Crippen LogP contribution in [-0.4, -0.2) is 41.5 Å². The number of quaternary nitrogens is 1. The summed E-state index contributed by atoms with van der Waals surface area (Å²) in [6.45, 7) is 6.72. The molecule has 120 valence electrons. The molecule has 1 aromatic rings. The number of nitrogens with zero attached hydrogens (tertiary/aromatic N) is 4. The molecule has 6 nitrogen and oxygen atoms in total. The van der Waals surface area contributed by atoms with Gasteiger partial charge in [0.1, 0.15) is 6.67 Å². The smallest absolute Gasteiger partial charge is 0.289 e. The van der Waals surface area contributed by atoms with Gasteiger partial charge >= 0.3 is 0 Å². The summed E-state index contributed by atoms with van der Waals surface area (Å²) in [5, 5.41) is 33.2. The first-order valence-electron chi connectivity index (χ1n) is 7.47. The van der Waals surface area contributed by atoms with Crippen LogP contribution in [0, 0.1) is 22.0 Å². The van der Waals surface area contributed by atoms with E-state index in [2.05, 4.69) is 24.9 Å². The van der Waals surface area contributed by atoms with E-state index in [1.54, 1.807) is 0 Å². The zero-order chi connectivity index (χ0) is 16.3. The fourth-order valence-electron chi connectivity index (χ4n) is 3.80. The molecule has 1 saturated heterocycles. The molecule has 0 spiro atoms. The quantitative estimate of drug-likeness (QED) is 0.631. The molecular formula is C15H22N4O2S. The van der Waals surface area contributed by atoms with Gasteiger partial charge in [0.2, 0.25) is 6.23 Å². The zero-order valence-electron chi connectivity index (χ0n) is 13.5. The molecule has 1 aliphatic carbocycles. The highest BCUT2D eigenvalue weighted by Gasteiger charge is 2.47. The molecular weight excluding hydrogens is 300 g/mol. The number of hydrogen-bond acceptors (Lipinski definition) is 6. The predicted molar refractivity (Wildman–Crippen MR) is 85.8 cm³/mol. The highest BCUT2D eigenvalue weighted by molar-refractivity contribution is 7.15. The minimum Gasteiger partial charge on any atom is -0.623 e. The van der Waals surface area contributed by atoms with Crippen molar-refractivity contribution >= 4 is 16.5 Å². The summed E-state index contributed by atoms with van der Waals surface area (Å²) in [6.07, 6.45) is 0.507. The molecule has 0 amide bonds. The largest absolute Gasteiger partial charge is 0.623 e. The second-order valence-electron chi connectivity index (χ2n) is 7.69. The number of fused-ring (bicyclic) bond motifs is 1. The third-order valence-corrected chi connectivity index (χ3v) is 6.12. The van der Waals surface area contributed by atoms with Gasteiger partial charge in [0.15, 0.2) is 0 Å². The molecule has 7 heteroatoms.